The van der Waals surface area contributed by atoms with E-state index in [0.717, 1.165) is 24.2 Å². The van der Waals surface area contributed by atoms with Crippen LogP contribution in [0.15, 0.2) is 22.7 Å². The Labute approximate surface area is 109 Å². The van der Waals surface area contributed by atoms with Crippen molar-refractivity contribution in [2.45, 2.75) is 6.10 Å². The van der Waals surface area contributed by atoms with Gasteiger partial charge in [-0.15, -0.1) is 0 Å². The summed E-state index contributed by atoms with van der Waals surface area (Å²) in [5.74, 6) is -0.239. The number of hydrogen-bond acceptors (Lipinski definition) is 3. The molecule has 1 N–H and O–H groups in total. The lowest BCUT2D eigenvalue weighted by atomic mass is 10.2. The molecule has 0 spiro atoms. The molecule has 0 radical (unpaired) electrons. The Kier molecular flexibility index (Phi) is 4.36. The maximum Gasteiger partial charge on any atom is 0.146 e. The average Bonchev–Trinajstić information content (AvgIpc) is 2.30. The summed E-state index contributed by atoms with van der Waals surface area (Å²) in [7, 11) is 2.06. The van der Waals surface area contributed by atoms with Crippen LogP contribution in [0.3, 0.4) is 0 Å². The van der Waals surface area contributed by atoms with Gasteiger partial charge in [-0.2, -0.15) is 0 Å². The first kappa shape index (κ1) is 12.8. The summed E-state index contributed by atoms with van der Waals surface area (Å²) in [6.45, 7) is 3.20. The van der Waals surface area contributed by atoms with Gasteiger partial charge >= 0.3 is 0 Å². The molecular weight excluding hydrogens is 287 g/mol. The third-order valence-electron chi connectivity index (χ3n) is 2.79. The van der Waals surface area contributed by atoms with Gasteiger partial charge in [-0.3, -0.25) is 0 Å². The molecule has 0 aromatic heterocycles. The first-order valence-corrected chi connectivity index (χ1v) is 6.43. The summed E-state index contributed by atoms with van der Waals surface area (Å²) in [6, 6.07) is 4.87. The third kappa shape index (κ3) is 3.66. The van der Waals surface area contributed by atoms with Crippen molar-refractivity contribution in [2.75, 3.05) is 38.6 Å². The van der Waals surface area contributed by atoms with Gasteiger partial charge in [0.25, 0.3) is 0 Å². The van der Waals surface area contributed by atoms with E-state index in [1.54, 1.807) is 12.1 Å². The number of anilines is 1. The van der Waals surface area contributed by atoms with Crippen molar-refractivity contribution in [3.05, 3.63) is 28.5 Å². The van der Waals surface area contributed by atoms with Crippen molar-refractivity contribution >= 4 is 21.6 Å². The minimum absolute atomic E-state index is 0.118. The number of rotatable bonds is 3. The minimum Gasteiger partial charge on any atom is -0.380 e. The van der Waals surface area contributed by atoms with Crippen LogP contribution in [-0.4, -0.2) is 44.3 Å². The van der Waals surface area contributed by atoms with Gasteiger partial charge in [-0.05, 0) is 25.2 Å². The number of likely N-dealkylation sites (N-methyl/N-ethyl adjacent to an activating group) is 1. The SMILES string of the molecule is CN1CCOC(CNc2cc(Br)ccc2F)C1. The monoisotopic (exact) mass is 302 g/mol. The molecular formula is C12H16BrFN2O. The Morgan fingerprint density at radius 2 is 2.41 bits per heavy atom. The topological polar surface area (TPSA) is 24.5 Å². The molecule has 1 aliphatic rings. The second-order valence-electron chi connectivity index (χ2n) is 4.26. The lowest BCUT2D eigenvalue weighted by Crippen LogP contribution is -2.43. The second kappa shape index (κ2) is 5.80. The molecule has 1 atom stereocenters. The summed E-state index contributed by atoms with van der Waals surface area (Å²) in [6.07, 6.45) is 0.118. The van der Waals surface area contributed by atoms with E-state index < -0.39 is 0 Å². The molecule has 3 nitrogen and oxygen atoms in total. The van der Waals surface area contributed by atoms with Gasteiger partial charge in [0.1, 0.15) is 5.82 Å². The molecule has 1 fully saturated rings. The maximum absolute atomic E-state index is 13.5. The van der Waals surface area contributed by atoms with Crippen LogP contribution in [0.25, 0.3) is 0 Å². The molecule has 0 saturated carbocycles. The molecule has 1 aliphatic heterocycles. The number of halogens is 2. The highest BCUT2D eigenvalue weighted by Crippen LogP contribution is 2.20. The van der Waals surface area contributed by atoms with Crippen LogP contribution >= 0.6 is 15.9 Å². The van der Waals surface area contributed by atoms with Crippen LogP contribution in [0.4, 0.5) is 10.1 Å². The van der Waals surface area contributed by atoms with Crippen molar-refractivity contribution in [3.8, 4) is 0 Å². The van der Waals surface area contributed by atoms with Crippen LogP contribution in [0.5, 0.6) is 0 Å². The first-order valence-electron chi connectivity index (χ1n) is 5.64. The van der Waals surface area contributed by atoms with Gasteiger partial charge in [-0.1, -0.05) is 15.9 Å². The summed E-state index contributed by atoms with van der Waals surface area (Å²) < 4.78 is 19.9. The first-order chi connectivity index (χ1) is 8.15. The van der Waals surface area contributed by atoms with E-state index in [4.69, 9.17) is 4.74 Å². The predicted molar refractivity (Wildman–Crippen MR) is 69.8 cm³/mol. The van der Waals surface area contributed by atoms with Crippen molar-refractivity contribution in [1.82, 2.24) is 4.90 Å². The van der Waals surface area contributed by atoms with Crippen molar-refractivity contribution < 1.29 is 9.13 Å². The Hall–Kier alpha value is -0.650. The predicted octanol–water partition coefficient (Wildman–Crippen LogP) is 2.33. The highest BCUT2D eigenvalue weighted by atomic mass is 79.9. The van der Waals surface area contributed by atoms with Crippen molar-refractivity contribution in [1.29, 1.82) is 0 Å². The van der Waals surface area contributed by atoms with Crippen molar-refractivity contribution in [2.24, 2.45) is 0 Å². The van der Waals surface area contributed by atoms with E-state index in [2.05, 4.69) is 33.2 Å². The normalized spacial score (nSPS) is 21.5. The third-order valence-corrected chi connectivity index (χ3v) is 3.28. The largest absolute Gasteiger partial charge is 0.380 e. The summed E-state index contributed by atoms with van der Waals surface area (Å²) in [5.41, 5.74) is 0.510. The van der Waals surface area contributed by atoms with Crippen LogP contribution in [0.2, 0.25) is 0 Å². The van der Waals surface area contributed by atoms with E-state index in [-0.39, 0.29) is 11.9 Å². The zero-order chi connectivity index (χ0) is 12.3. The molecule has 0 amide bonds. The van der Waals surface area contributed by atoms with Crippen molar-refractivity contribution in [3.63, 3.8) is 0 Å². The molecule has 0 aliphatic carbocycles. The molecule has 0 bridgehead atoms. The fraction of sp³-hybridized carbons (Fsp3) is 0.500. The van der Waals surface area contributed by atoms with E-state index in [1.165, 1.54) is 6.07 Å². The number of nitrogens with zero attached hydrogens (tertiary/aromatic N) is 1. The lowest BCUT2D eigenvalue weighted by Gasteiger charge is -2.30. The Morgan fingerprint density at radius 1 is 1.59 bits per heavy atom. The fourth-order valence-electron chi connectivity index (χ4n) is 1.85. The standard InChI is InChI=1S/C12H16BrFN2O/c1-16-4-5-17-10(8-16)7-15-12-6-9(13)2-3-11(12)14/h2-3,6,10,15H,4-5,7-8H2,1H3. The number of morpholine rings is 1. The van der Waals surface area contributed by atoms with Gasteiger partial charge in [-0.25, -0.2) is 4.39 Å². The summed E-state index contributed by atoms with van der Waals surface area (Å²) in [5, 5.41) is 3.09. The Balaban J connectivity index is 1.90. The van der Waals surface area contributed by atoms with Crippen LogP contribution < -0.4 is 5.32 Å². The highest BCUT2D eigenvalue weighted by molar-refractivity contribution is 9.10. The quantitative estimate of drug-likeness (QED) is 0.927. The molecule has 94 valence electrons. The van der Waals surface area contributed by atoms with Crippen LogP contribution in [0, 0.1) is 5.82 Å². The number of benzene rings is 1. The maximum atomic E-state index is 13.5. The summed E-state index contributed by atoms with van der Waals surface area (Å²) >= 11 is 3.33. The zero-order valence-electron chi connectivity index (χ0n) is 9.75. The minimum atomic E-state index is -0.239. The zero-order valence-corrected chi connectivity index (χ0v) is 11.3. The molecule has 1 saturated heterocycles. The Morgan fingerprint density at radius 3 is 3.18 bits per heavy atom. The van der Waals surface area contributed by atoms with Gasteiger partial charge < -0.3 is 15.0 Å². The molecule has 17 heavy (non-hydrogen) atoms. The number of ether oxygens (including phenoxy) is 1. The molecule has 2 rings (SSSR count). The van der Waals surface area contributed by atoms with E-state index in [0.29, 0.717) is 12.2 Å². The van der Waals surface area contributed by atoms with E-state index in [1.807, 2.05) is 0 Å². The van der Waals surface area contributed by atoms with Gasteiger partial charge in [0.15, 0.2) is 0 Å². The van der Waals surface area contributed by atoms with E-state index in [9.17, 15) is 4.39 Å². The molecule has 1 aromatic rings. The number of hydrogen-bond donors (Lipinski definition) is 1. The molecule has 1 heterocycles. The van der Waals surface area contributed by atoms with Gasteiger partial charge in [0, 0.05) is 24.1 Å². The van der Waals surface area contributed by atoms with Gasteiger partial charge in [0.2, 0.25) is 0 Å². The molecule has 5 heteroatoms. The second-order valence-corrected chi connectivity index (χ2v) is 5.18. The van der Waals surface area contributed by atoms with Crippen LogP contribution in [-0.2, 0) is 4.74 Å². The van der Waals surface area contributed by atoms with Gasteiger partial charge in [0.05, 0.1) is 18.4 Å². The van der Waals surface area contributed by atoms with E-state index >= 15 is 0 Å². The molecule has 1 aromatic carbocycles. The molecule has 1 unspecified atom stereocenters. The fourth-order valence-corrected chi connectivity index (χ4v) is 2.21. The lowest BCUT2D eigenvalue weighted by molar-refractivity contribution is -0.0117. The summed E-state index contributed by atoms with van der Waals surface area (Å²) in [4.78, 5) is 2.22. The smallest absolute Gasteiger partial charge is 0.146 e. The average molecular weight is 303 g/mol. The van der Waals surface area contributed by atoms with Crippen LogP contribution in [0.1, 0.15) is 0 Å². The highest BCUT2D eigenvalue weighted by Gasteiger charge is 2.17. The Bertz CT molecular complexity index is 389. The number of nitrogens with one attached hydrogen (secondary N) is 1.